The first kappa shape index (κ1) is 23.1. The normalized spacial score (nSPS) is 11.4. The Balaban J connectivity index is 1.58. The number of nitrogens with zero attached hydrogens (tertiary/aromatic N) is 1. The van der Waals surface area contributed by atoms with Gasteiger partial charge in [-0.15, -0.1) is 0 Å². The third-order valence-electron chi connectivity index (χ3n) is 5.43. The fraction of sp³-hybridized carbons (Fsp3) is 0.154. The van der Waals surface area contributed by atoms with E-state index in [2.05, 4.69) is 10.3 Å². The van der Waals surface area contributed by atoms with Crippen LogP contribution >= 0.6 is 0 Å². The molecule has 1 aromatic heterocycles. The largest absolute Gasteiger partial charge is 0.508 e. The Labute approximate surface area is 193 Å². The molecule has 0 bridgehead atoms. The molecule has 2 N–H and O–H groups in total. The van der Waals surface area contributed by atoms with Crippen molar-refractivity contribution in [3.63, 3.8) is 0 Å². The van der Waals surface area contributed by atoms with Crippen molar-refractivity contribution in [3.05, 3.63) is 89.5 Å². The molecule has 1 amide bonds. The van der Waals surface area contributed by atoms with E-state index >= 15 is 0 Å². The van der Waals surface area contributed by atoms with Crippen LogP contribution in [0, 0.1) is 0 Å². The van der Waals surface area contributed by atoms with Gasteiger partial charge in [-0.2, -0.15) is 13.2 Å². The molecule has 0 saturated heterocycles. The summed E-state index contributed by atoms with van der Waals surface area (Å²) in [7, 11) is 1.49. The molecule has 1 heterocycles. The third kappa shape index (κ3) is 4.96. The second-order valence-corrected chi connectivity index (χ2v) is 7.65. The number of ether oxygens (including phenoxy) is 1. The second-order valence-electron chi connectivity index (χ2n) is 7.65. The molecule has 4 aromatic rings. The Bertz CT molecular complexity index is 1340. The highest BCUT2D eigenvalue weighted by atomic mass is 19.4. The second kappa shape index (κ2) is 9.43. The van der Waals surface area contributed by atoms with E-state index < -0.39 is 11.7 Å². The lowest BCUT2D eigenvalue weighted by Gasteiger charge is -2.12. The van der Waals surface area contributed by atoms with Crippen molar-refractivity contribution in [1.29, 1.82) is 0 Å². The average molecular weight is 466 g/mol. The van der Waals surface area contributed by atoms with Gasteiger partial charge in [0.1, 0.15) is 11.5 Å². The van der Waals surface area contributed by atoms with Crippen molar-refractivity contribution in [1.82, 2.24) is 10.3 Å². The van der Waals surface area contributed by atoms with Gasteiger partial charge in [-0.25, -0.2) is 4.98 Å². The molecule has 0 aliphatic rings. The van der Waals surface area contributed by atoms with Crippen LogP contribution in [0.25, 0.3) is 22.2 Å². The molecule has 0 unspecified atom stereocenters. The number of phenols is 1. The molecule has 0 aliphatic heterocycles. The van der Waals surface area contributed by atoms with Crippen LogP contribution < -0.4 is 10.1 Å². The Morgan fingerprint density at radius 2 is 1.76 bits per heavy atom. The number of benzene rings is 3. The molecule has 0 spiro atoms. The van der Waals surface area contributed by atoms with E-state index in [1.165, 1.54) is 19.2 Å². The van der Waals surface area contributed by atoms with E-state index in [0.717, 1.165) is 17.7 Å². The fourth-order valence-electron chi connectivity index (χ4n) is 3.62. The molecule has 3 aromatic carbocycles. The van der Waals surface area contributed by atoms with Crippen molar-refractivity contribution in [3.8, 4) is 22.8 Å². The van der Waals surface area contributed by atoms with Crippen molar-refractivity contribution in [2.45, 2.75) is 12.6 Å². The van der Waals surface area contributed by atoms with Crippen LogP contribution in [0.2, 0.25) is 0 Å². The smallest absolute Gasteiger partial charge is 0.416 e. The number of aromatic nitrogens is 1. The van der Waals surface area contributed by atoms with Gasteiger partial charge >= 0.3 is 6.18 Å². The van der Waals surface area contributed by atoms with Gasteiger partial charge < -0.3 is 15.2 Å². The third-order valence-corrected chi connectivity index (χ3v) is 5.43. The molecule has 34 heavy (non-hydrogen) atoms. The van der Waals surface area contributed by atoms with E-state index in [1.54, 1.807) is 42.5 Å². The quantitative estimate of drug-likeness (QED) is 0.388. The Morgan fingerprint density at radius 1 is 1.03 bits per heavy atom. The van der Waals surface area contributed by atoms with E-state index in [9.17, 15) is 23.1 Å². The number of nitrogens with one attached hydrogen (secondary N) is 1. The minimum Gasteiger partial charge on any atom is -0.508 e. The summed E-state index contributed by atoms with van der Waals surface area (Å²) in [5.74, 6) is 0.360. The summed E-state index contributed by atoms with van der Waals surface area (Å²) >= 11 is 0. The van der Waals surface area contributed by atoms with Crippen molar-refractivity contribution in [2.24, 2.45) is 0 Å². The highest BCUT2D eigenvalue weighted by Gasteiger charge is 2.30. The summed E-state index contributed by atoms with van der Waals surface area (Å²) in [6, 6.07) is 18.3. The van der Waals surface area contributed by atoms with Gasteiger partial charge in [0.2, 0.25) is 0 Å². The summed E-state index contributed by atoms with van der Waals surface area (Å²) in [5, 5.41) is 13.3. The zero-order valence-electron chi connectivity index (χ0n) is 18.2. The first-order chi connectivity index (χ1) is 16.3. The minimum atomic E-state index is -4.42. The molecule has 0 aliphatic carbocycles. The molecular weight excluding hydrogens is 445 g/mol. The van der Waals surface area contributed by atoms with Crippen LogP contribution in [0.4, 0.5) is 13.2 Å². The highest BCUT2D eigenvalue weighted by Crippen LogP contribution is 2.33. The number of amides is 1. The molecule has 8 heteroatoms. The summed E-state index contributed by atoms with van der Waals surface area (Å²) < 4.78 is 44.1. The number of carbonyl (C=O) groups is 1. The Kier molecular flexibility index (Phi) is 6.40. The molecule has 5 nitrogen and oxygen atoms in total. The number of halogens is 3. The molecular formula is C26H21F3N2O3. The number of hydrogen-bond acceptors (Lipinski definition) is 4. The van der Waals surface area contributed by atoms with Crippen LogP contribution in [0.15, 0.2) is 72.8 Å². The lowest BCUT2D eigenvalue weighted by molar-refractivity contribution is -0.137. The predicted molar refractivity (Wildman–Crippen MR) is 123 cm³/mol. The number of hydrogen-bond donors (Lipinski definition) is 2. The molecule has 0 radical (unpaired) electrons. The molecule has 174 valence electrons. The van der Waals surface area contributed by atoms with E-state index in [-0.39, 0.29) is 11.7 Å². The zero-order valence-corrected chi connectivity index (χ0v) is 18.2. The van der Waals surface area contributed by atoms with Gasteiger partial charge in [-0.1, -0.05) is 30.3 Å². The number of aromatic hydroxyl groups is 1. The van der Waals surface area contributed by atoms with Gasteiger partial charge in [-0.05, 0) is 48.4 Å². The number of phenolic OH excluding ortho intramolecular Hbond substituents is 1. The number of alkyl halides is 3. The van der Waals surface area contributed by atoms with Crippen LogP contribution in [-0.2, 0) is 12.6 Å². The maximum atomic E-state index is 12.9. The molecule has 0 saturated carbocycles. The fourth-order valence-corrected chi connectivity index (χ4v) is 3.62. The molecule has 4 rings (SSSR count). The van der Waals surface area contributed by atoms with Crippen LogP contribution in [0.3, 0.4) is 0 Å². The van der Waals surface area contributed by atoms with Crippen molar-refractivity contribution >= 4 is 16.8 Å². The summed E-state index contributed by atoms with van der Waals surface area (Å²) in [5.41, 5.74) is 1.76. The summed E-state index contributed by atoms with van der Waals surface area (Å²) in [6.07, 6.45) is -3.95. The van der Waals surface area contributed by atoms with E-state index in [0.29, 0.717) is 46.4 Å². The number of carbonyl (C=O) groups excluding carboxylic acids is 1. The van der Waals surface area contributed by atoms with Crippen LogP contribution in [-0.4, -0.2) is 29.7 Å². The topological polar surface area (TPSA) is 71.5 Å². The highest BCUT2D eigenvalue weighted by molar-refractivity contribution is 5.99. The van der Waals surface area contributed by atoms with Gasteiger partial charge in [0, 0.05) is 29.1 Å². The minimum absolute atomic E-state index is 0.176. The lowest BCUT2D eigenvalue weighted by Crippen LogP contribution is -2.25. The van der Waals surface area contributed by atoms with Crippen LogP contribution in [0.5, 0.6) is 11.5 Å². The van der Waals surface area contributed by atoms with Crippen molar-refractivity contribution < 1.29 is 27.8 Å². The number of rotatable bonds is 6. The average Bonchev–Trinajstić information content (AvgIpc) is 2.83. The van der Waals surface area contributed by atoms with E-state index in [1.807, 2.05) is 6.07 Å². The SMILES string of the molecule is COc1cc(-c2ccc(C(F)(F)F)cc2)nc2cc(C(=O)NCCc3ccccc3O)ccc12. The monoisotopic (exact) mass is 466 g/mol. The Hall–Kier alpha value is -4.07. The number of fused-ring (bicyclic) bond motifs is 1. The Morgan fingerprint density at radius 3 is 2.44 bits per heavy atom. The van der Waals surface area contributed by atoms with Gasteiger partial charge in [-0.3, -0.25) is 4.79 Å². The number of para-hydroxylation sites is 1. The number of pyridine rings is 1. The van der Waals surface area contributed by atoms with Gasteiger partial charge in [0.05, 0.1) is 23.9 Å². The standard InChI is InChI=1S/C26H21F3N2O3/c1-34-24-15-21(16-6-9-19(10-7-16)26(27,28)29)31-22-14-18(8-11-20(22)24)25(33)30-13-12-17-4-2-3-5-23(17)32/h2-11,14-15,32H,12-13H2,1H3,(H,30,33). The number of methoxy groups -OCH3 is 1. The van der Waals surface area contributed by atoms with E-state index in [4.69, 9.17) is 4.74 Å². The summed E-state index contributed by atoms with van der Waals surface area (Å²) in [4.78, 5) is 17.2. The van der Waals surface area contributed by atoms with Gasteiger partial charge in [0.15, 0.2) is 0 Å². The zero-order chi connectivity index (χ0) is 24.3. The first-order valence-corrected chi connectivity index (χ1v) is 10.5. The first-order valence-electron chi connectivity index (χ1n) is 10.5. The summed E-state index contributed by atoms with van der Waals surface area (Å²) in [6.45, 7) is 0.330. The maximum absolute atomic E-state index is 12.9. The lowest BCUT2D eigenvalue weighted by atomic mass is 10.0. The van der Waals surface area contributed by atoms with Crippen molar-refractivity contribution in [2.75, 3.05) is 13.7 Å². The van der Waals surface area contributed by atoms with Crippen LogP contribution in [0.1, 0.15) is 21.5 Å². The molecule has 0 fully saturated rings. The maximum Gasteiger partial charge on any atom is 0.416 e. The molecule has 0 atom stereocenters. The van der Waals surface area contributed by atoms with Gasteiger partial charge in [0.25, 0.3) is 5.91 Å². The predicted octanol–water partition coefficient (Wildman–Crippen LogP) is 5.61.